The fourth-order valence-electron chi connectivity index (χ4n) is 1.95. The molecule has 1 aromatic carbocycles. The summed E-state index contributed by atoms with van der Waals surface area (Å²) in [5, 5.41) is 4.44. The summed E-state index contributed by atoms with van der Waals surface area (Å²) >= 11 is 0. The van der Waals surface area contributed by atoms with E-state index in [1.807, 2.05) is 24.6 Å². The van der Waals surface area contributed by atoms with Crippen LogP contribution in [0, 0.1) is 12.7 Å². The van der Waals surface area contributed by atoms with Crippen molar-refractivity contribution in [2.45, 2.75) is 40.3 Å². The highest BCUT2D eigenvalue weighted by molar-refractivity contribution is 5.29. The van der Waals surface area contributed by atoms with E-state index >= 15 is 0 Å². The van der Waals surface area contributed by atoms with E-state index in [-0.39, 0.29) is 5.82 Å². The van der Waals surface area contributed by atoms with Crippen LogP contribution in [0.1, 0.15) is 30.8 Å². The minimum absolute atomic E-state index is 0.293. The summed E-state index contributed by atoms with van der Waals surface area (Å²) < 4.78 is 21.0. The zero-order valence-corrected chi connectivity index (χ0v) is 11.6. The van der Waals surface area contributed by atoms with Gasteiger partial charge in [0.05, 0.1) is 11.4 Å². The van der Waals surface area contributed by atoms with Gasteiger partial charge in [-0.2, -0.15) is 5.10 Å². The molecule has 0 saturated carbocycles. The monoisotopic (exact) mass is 262 g/mol. The first-order chi connectivity index (χ1) is 9.13. The van der Waals surface area contributed by atoms with Gasteiger partial charge in [0.1, 0.15) is 6.61 Å². The van der Waals surface area contributed by atoms with Crippen LogP contribution in [0.5, 0.6) is 5.75 Å². The first kappa shape index (κ1) is 13.6. The molecular weight excluding hydrogens is 243 g/mol. The Kier molecular flexibility index (Phi) is 4.20. The van der Waals surface area contributed by atoms with Crippen molar-refractivity contribution in [2.75, 3.05) is 0 Å². The van der Waals surface area contributed by atoms with Crippen molar-refractivity contribution in [1.29, 1.82) is 0 Å². The first-order valence-electron chi connectivity index (χ1n) is 6.58. The van der Waals surface area contributed by atoms with E-state index < -0.39 is 0 Å². The van der Waals surface area contributed by atoms with Crippen molar-refractivity contribution in [1.82, 2.24) is 9.78 Å². The Morgan fingerprint density at radius 1 is 1.26 bits per heavy atom. The molecule has 0 aliphatic carbocycles. The molecule has 0 amide bonds. The van der Waals surface area contributed by atoms with Gasteiger partial charge >= 0.3 is 0 Å². The molecule has 0 radical (unpaired) electrons. The number of halogens is 1. The van der Waals surface area contributed by atoms with E-state index in [2.05, 4.69) is 12.0 Å². The Bertz CT molecular complexity index is 563. The second kappa shape index (κ2) is 5.87. The molecule has 3 nitrogen and oxygen atoms in total. The third-order valence-corrected chi connectivity index (χ3v) is 3.04. The van der Waals surface area contributed by atoms with Crippen LogP contribution in [0.25, 0.3) is 0 Å². The second-order valence-corrected chi connectivity index (χ2v) is 4.52. The number of aryl methyl sites for hydroxylation is 3. The normalized spacial score (nSPS) is 10.7. The molecule has 4 heteroatoms. The van der Waals surface area contributed by atoms with E-state index in [4.69, 9.17) is 4.74 Å². The molecule has 0 aliphatic rings. The van der Waals surface area contributed by atoms with E-state index in [1.165, 1.54) is 6.07 Å². The van der Waals surface area contributed by atoms with Gasteiger partial charge in [-0.25, -0.2) is 4.39 Å². The molecule has 2 rings (SSSR count). The molecular formula is C15H19FN2O. The molecule has 19 heavy (non-hydrogen) atoms. The minimum atomic E-state index is -0.330. The highest BCUT2D eigenvalue weighted by Crippen LogP contribution is 2.20. The quantitative estimate of drug-likeness (QED) is 0.824. The molecule has 0 aliphatic heterocycles. The SMILES string of the molecule is CCc1cc(COc2cc(C)ccc2F)n(CC)n1. The van der Waals surface area contributed by atoms with Crippen molar-refractivity contribution < 1.29 is 9.13 Å². The van der Waals surface area contributed by atoms with Crippen LogP contribution in [0.4, 0.5) is 4.39 Å². The zero-order valence-electron chi connectivity index (χ0n) is 11.6. The fourth-order valence-corrected chi connectivity index (χ4v) is 1.95. The number of rotatable bonds is 5. The van der Waals surface area contributed by atoms with Gasteiger partial charge in [0.2, 0.25) is 0 Å². The molecule has 0 fully saturated rings. The molecule has 0 unspecified atom stereocenters. The van der Waals surface area contributed by atoms with Crippen LogP contribution in [0.15, 0.2) is 24.3 Å². The molecule has 0 atom stereocenters. The summed E-state index contributed by atoms with van der Waals surface area (Å²) in [6, 6.07) is 6.88. The third-order valence-electron chi connectivity index (χ3n) is 3.04. The third kappa shape index (κ3) is 3.13. The molecule has 2 aromatic rings. The smallest absolute Gasteiger partial charge is 0.165 e. The molecule has 1 heterocycles. The van der Waals surface area contributed by atoms with Crippen LogP contribution in [-0.4, -0.2) is 9.78 Å². The van der Waals surface area contributed by atoms with Crippen LogP contribution in [0.2, 0.25) is 0 Å². The number of hydrogen-bond acceptors (Lipinski definition) is 2. The Labute approximate surface area is 113 Å². The molecule has 0 bridgehead atoms. The highest BCUT2D eigenvalue weighted by Gasteiger charge is 2.08. The average Bonchev–Trinajstić information content (AvgIpc) is 2.82. The van der Waals surface area contributed by atoms with Gasteiger partial charge in [-0.05, 0) is 44.0 Å². The lowest BCUT2D eigenvalue weighted by molar-refractivity contribution is 0.278. The maximum Gasteiger partial charge on any atom is 0.165 e. The first-order valence-corrected chi connectivity index (χ1v) is 6.58. The molecule has 0 N–H and O–H groups in total. The topological polar surface area (TPSA) is 27.1 Å². The van der Waals surface area contributed by atoms with E-state index in [0.29, 0.717) is 12.4 Å². The number of ether oxygens (including phenoxy) is 1. The maximum absolute atomic E-state index is 13.6. The van der Waals surface area contributed by atoms with E-state index in [1.54, 1.807) is 12.1 Å². The average molecular weight is 262 g/mol. The van der Waals surface area contributed by atoms with Gasteiger partial charge in [-0.1, -0.05) is 13.0 Å². The minimum Gasteiger partial charge on any atom is -0.484 e. The van der Waals surface area contributed by atoms with Gasteiger partial charge in [-0.15, -0.1) is 0 Å². The maximum atomic E-state index is 13.6. The Morgan fingerprint density at radius 2 is 2.05 bits per heavy atom. The van der Waals surface area contributed by atoms with Crippen LogP contribution in [0.3, 0.4) is 0 Å². The Morgan fingerprint density at radius 3 is 2.74 bits per heavy atom. The van der Waals surface area contributed by atoms with Crippen molar-refractivity contribution in [3.05, 3.63) is 47.0 Å². The summed E-state index contributed by atoms with van der Waals surface area (Å²) in [7, 11) is 0. The lowest BCUT2D eigenvalue weighted by atomic mass is 10.2. The predicted octanol–water partition coefficient (Wildman–Crippen LogP) is 3.49. The van der Waals surface area contributed by atoms with Crippen molar-refractivity contribution >= 4 is 0 Å². The number of hydrogen-bond donors (Lipinski definition) is 0. The summed E-state index contributed by atoms with van der Waals surface area (Å²) in [5.41, 5.74) is 2.99. The zero-order chi connectivity index (χ0) is 13.8. The Hall–Kier alpha value is -1.84. The standard InChI is InChI=1S/C15H19FN2O/c1-4-12-9-13(18(5-2)17-12)10-19-15-8-11(3)6-7-14(15)16/h6-9H,4-5,10H2,1-3H3. The summed E-state index contributed by atoms with van der Waals surface area (Å²) in [5.74, 6) is -0.0363. The summed E-state index contributed by atoms with van der Waals surface area (Å²) in [6.07, 6.45) is 0.888. The molecule has 0 spiro atoms. The lowest BCUT2D eigenvalue weighted by Crippen LogP contribution is -2.06. The van der Waals surface area contributed by atoms with Crippen LogP contribution in [-0.2, 0) is 19.6 Å². The second-order valence-electron chi connectivity index (χ2n) is 4.52. The van der Waals surface area contributed by atoms with Crippen molar-refractivity contribution in [3.8, 4) is 5.75 Å². The van der Waals surface area contributed by atoms with Crippen LogP contribution >= 0.6 is 0 Å². The van der Waals surface area contributed by atoms with Gasteiger partial charge in [0, 0.05) is 6.54 Å². The van der Waals surface area contributed by atoms with Gasteiger partial charge in [0.15, 0.2) is 11.6 Å². The van der Waals surface area contributed by atoms with Crippen molar-refractivity contribution in [2.24, 2.45) is 0 Å². The largest absolute Gasteiger partial charge is 0.484 e. The van der Waals surface area contributed by atoms with E-state index in [0.717, 1.165) is 29.9 Å². The van der Waals surface area contributed by atoms with Gasteiger partial charge in [-0.3, -0.25) is 4.68 Å². The predicted molar refractivity (Wildman–Crippen MR) is 72.7 cm³/mol. The highest BCUT2D eigenvalue weighted by atomic mass is 19.1. The fraction of sp³-hybridized carbons (Fsp3) is 0.400. The Balaban J connectivity index is 2.13. The summed E-state index contributed by atoms with van der Waals surface area (Å²) in [4.78, 5) is 0. The van der Waals surface area contributed by atoms with Crippen LogP contribution < -0.4 is 4.74 Å². The number of nitrogens with zero attached hydrogens (tertiary/aromatic N) is 2. The lowest BCUT2D eigenvalue weighted by Gasteiger charge is -2.09. The molecule has 1 aromatic heterocycles. The molecule has 102 valence electrons. The van der Waals surface area contributed by atoms with Gasteiger partial charge < -0.3 is 4.74 Å². The van der Waals surface area contributed by atoms with Gasteiger partial charge in [0.25, 0.3) is 0 Å². The summed E-state index contributed by atoms with van der Waals surface area (Å²) in [6.45, 7) is 7.13. The molecule has 0 saturated heterocycles. The number of aromatic nitrogens is 2. The number of benzene rings is 1. The van der Waals surface area contributed by atoms with Crippen molar-refractivity contribution in [3.63, 3.8) is 0 Å². The van der Waals surface area contributed by atoms with E-state index in [9.17, 15) is 4.39 Å².